The summed E-state index contributed by atoms with van der Waals surface area (Å²) in [5, 5.41) is 0. The molecule has 19 heavy (non-hydrogen) atoms. The van der Waals surface area contributed by atoms with Gasteiger partial charge in [0, 0.05) is 12.0 Å². The first-order chi connectivity index (χ1) is 9.24. The Balaban J connectivity index is 2.44. The van der Waals surface area contributed by atoms with E-state index in [1.807, 2.05) is 30.3 Å². The van der Waals surface area contributed by atoms with Gasteiger partial charge in [-0.1, -0.05) is 36.4 Å². The fourth-order valence-electron chi connectivity index (χ4n) is 1.91. The molecule has 0 fully saturated rings. The molecule has 0 saturated heterocycles. The van der Waals surface area contributed by atoms with Gasteiger partial charge < -0.3 is 4.74 Å². The number of aromatic nitrogens is 2. The van der Waals surface area contributed by atoms with Crippen molar-refractivity contribution < 1.29 is 4.74 Å². The third-order valence-corrected chi connectivity index (χ3v) is 2.84. The molecule has 0 atom stereocenters. The van der Waals surface area contributed by atoms with Crippen molar-refractivity contribution in [1.82, 2.24) is 9.97 Å². The monoisotopic (exact) mass is 256 g/mol. The van der Waals surface area contributed by atoms with Gasteiger partial charge >= 0.3 is 0 Å². The van der Waals surface area contributed by atoms with E-state index in [4.69, 9.17) is 4.74 Å². The lowest BCUT2D eigenvalue weighted by Crippen LogP contribution is -2.18. The van der Waals surface area contributed by atoms with E-state index in [0.29, 0.717) is 18.4 Å². The number of ether oxygens (including phenoxy) is 1. The summed E-state index contributed by atoms with van der Waals surface area (Å²) in [6.07, 6.45) is 2.80. The summed E-state index contributed by atoms with van der Waals surface area (Å²) in [4.78, 5) is 18.9. The number of methoxy groups -OCH3 is 1. The van der Waals surface area contributed by atoms with E-state index in [1.54, 1.807) is 6.08 Å². The Morgan fingerprint density at radius 2 is 2.11 bits per heavy atom. The predicted molar refractivity (Wildman–Crippen MR) is 74.6 cm³/mol. The highest BCUT2D eigenvalue weighted by Crippen LogP contribution is 2.12. The normalized spacial score (nSPS) is 10.2. The van der Waals surface area contributed by atoms with E-state index < -0.39 is 0 Å². The Morgan fingerprint density at radius 3 is 2.74 bits per heavy atom. The van der Waals surface area contributed by atoms with E-state index in [9.17, 15) is 4.79 Å². The van der Waals surface area contributed by atoms with Crippen molar-refractivity contribution >= 4 is 0 Å². The molecule has 1 aromatic heterocycles. The van der Waals surface area contributed by atoms with Crippen molar-refractivity contribution in [2.24, 2.45) is 0 Å². The highest BCUT2D eigenvalue weighted by Gasteiger charge is 2.11. The third-order valence-electron chi connectivity index (χ3n) is 2.84. The molecule has 0 aliphatic heterocycles. The van der Waals surface area contributed by atoms with Gasteiger partial charge in [-0.15, -0.1) is 6.58 Å². The molecule has 0 aliphatic carbocycles. The molecule has 0 spiro atoms. The van der Waals surface area contributed by atoms with Crippen LogP contribution >= 0.6 is 0 Å². The summed E-state index contributed by atoms with van der Waals surface area (Å²) >= 11 is 0. The van der Waals surface area contributed by atoms with Gasteiger partial charge in [0.15, 0.2) is 0 Å². The Bertz CT molecular complexity index is 618. The van der Waals surface area contributed by atoms with Crippen LogP contribution in [0.5, 0.6) is 6.01 Å². The Kier molecular flexibility index (Phi) is 4.13. The van der Waals surface area contributed by atoms with Crippen LogP contribution in [0, 0.1) is 0 Å². The second-order valence-electron chi connectivity index (χ2n) is 4.16. The standard InChI is InChI=1S/C15H16N2O2/c1-3-7-12-13(10-11-8-5-4-6-9-11)16-15(19-2)17-14(12)18/h3-6,8-9H,1,7,10H2,2H3,(H,16,17,18). The molecule has 0 unspecified atom stereocenters. The summed E-state index contributed by atoms with van der Waals surface area (Å²) in [5.41, 5.74) is 2.30. The van der Waals surface area contributed by atoms with Crippen LogP contribution in [0.15, 0.2) is 47.8 Å². The van der Waals surface area contributed by atoms with Crippen LogP contribution in [-0.4, -0.2) is 17.1 Å². The molecular formula is C15H16N2O2. The molecule has 2 aromatic rings. The lowest BCUT2D eigenvalue weighted by molar-refractivity contribution is 0.376. The lowest BCUT2D eigenvalue weighted by atomic mass is 10.0. The maximum absolute atomic E-state index is 12.0. The summed E-state index contributed by atoms with van der Waals surface area (Å²) in [7, 11) is 1.48. The molecular weight excluding hydrogens is 240 g/mol. The summed E-state index contributed by atoms with van der Waals surface area (Å²) in [6.45, 7) is 3.68. The highest BCUT2D eigenvalue weighted by atomic mass is 16.5. The van der Waals surface area contributed by atoms with E-state index in [0.717, 1.165) is 11.3 Å². The largest absolute Gasteiger partial charge is 0.468 e. The van der Waals surface area contributed by atoms with Crippen LogP contribution in [-0.2, 0) is 12.8 Å². The summed E-state index contributed by atoms with van der Waals surface area (Å²) < 4.78 is 5.01. The zero-order valence-corrected chi connectivity index (χ0v) is 10.8. The van der Waals surface area contributed by atoms with Crippen molar-refractivity contribution in [2.75, 3.05) is 7.11 Å². The molecule has 98 valence electrons. The van der Waals surface area contributed by atoms with Crippen LogP contribution in [0.3, 0.4) is 0 Å². The second kappa shape index (κ2) is 6.00. The molecule has 0 bridgehead atoms. The molecule has 4 nitrogen and oxygen atoms in total. The van der Waals surface area contributed by atoms with Gasteiger partial charge in [0.2, 0.25) is 0 Å². The van der Waals surface area contributed by atoms with Crippen molar-refractivity contribution in [1.29, 1.82) is 0 Å². The zero-order valence-electron chi connectivity index (χ0n) is 10.8. The number of H-pyrrole nitrogens is 1. The maximum atomic E-state index is 12.0. The number of allylic oxidation sites excluding steroid dienone is 1. The van der Waals surface area contributed by atoms with Gasteiger partial charge in [-0.25, -0.2) is 4.98 Å². The van der Waals surface area contributed by atoms with Crippen molar-refractivity contribution in [2.45, 2.75) is 12.8 Å². The molecule has 4 heteroatoms. The first-order valence-electron chi connectivity index (χ1n) is 6.05. The highest BCUT2D eigenvalue weighted by molar-refractivity contribution is 5.28. The molecule has 0 aliphatic rings. The van der Waals surface area contributed by atoms with Gasteiger partial charge in [-0.2, -0.15) is 0 Å². The van der Waals surface area contributed by atoms with E-state index in [1.165, 1.54) is 7.11 Å². The predicted octanol–water partition coefficient (Wildman–Crippen LogP) is 2.10. The smallest absolute Gasteiger partial charge is 0.296 e. The molecule has 0 radical (unpaired) electrons. The average molecular weight is 256 g/mol. The number of hydrogen-bond donors (Lipinski definition) is 1. The number of rotatable bonds is 5. The molecule has 0 saturated carbocycles. The van der Waals surface area contributed by atoms with Crippen LogP contribution in [0.25, 0.3) is 0 Å². The van der Waals surface area contributed by atoms with E-state index in [2.05, 4.69) is 16.5 Å². The SMILES string of the molecule is C=CCc1c(Cc2ccccc2)nc(OC)[nH]c1=O. The second-order valence-corrected chi connectivity index (χ2v) is 4.16. The van der Waals surface area contributed by atoms with Gasteiger partial charge in [0.05, 0.1) is 12.8 Å². The first kappa shape index (κ1) is 13.1. The fraction of sp³-hybridized carbons (Fsp3) is 0.200. The van der Waals surface area contributed by atoms with Crippen molar-refractivity contribution in [3.63, 3.8) is 0 Å². The Labute approximate surface area is 111 Å². The molecule has 2 rings (SSSR count). The Morgan fingerprint density at radius 1 is 1.37 bits per heavy atom. The van der Waals surface area contributed by atoms with Crippen LogP contribution in [0.4, 0.5) is 0 Å². The Hall–Kier alpha value is -2.36. The topological polar surface area (TPSA) is 55.0 Å². The van der Waals surface area contributed by atoms with Gasteiger partial charge in [-0.3, -0.25) is 9.78 Å². The van der Waals surface area contributed by atoms with Gasteiger partial charge in [-0.05, 0) is 12.0 Å². The van der Waals surface area contributed by atoms with E-state index >= 15 is 0 Å². The van der Waals surface area contributed by atoms with Crippen molar-refractivity contribution in [3.05, 3.63) is 70.2 Å². The lowest BCUT2D eigenvalue weighted by Gasteiger charge is -2.08. The minimum atomic E-state index is -0.169. The van der Waals surface area contributed by atoms with E-state index in [-0.39, 0.29) is 11.6 Å². The molecule has 0 amide bonds. The quantitative estimate of drug-likeness (QED) is 0.833. The molecule has 1 N–H and O–H groups in total. The zero-order chi connectivity index (χ0) is 13.7. The third kappa shape index (κ3) is 3.10. The van der Waals surface area contributed by atoms with Gasteiger partial charge in [0.25, 0.3) is 11.6 Å². The number of nitrogens with one attached hydrogen (secondary N) is 1. The maximum Gasteiger partial charge on any atom is 0.296 e. The summed E-state index contributed by atoms with van der Waals surface area (Å²) in [5.74, 6) is 0. The first-order valence-corrected chi connectivity index (χ1v) is 6.05. The minimum Gasteiger partial charge on any atom is -0.468 e. The number of nitrogens with zero attached hydrogens (tertiary/aromatic N) is 1. The molecule has 1 heterocycles. The summed E-state index contributed by atoms with van der Waals surface area (Å²) in [6, 6.07) is 10.1. The minimum absolute atomic E-state index is 0.169. The number of aromatic amines is 1. The van der Waals surface area contributed by atoms with Crippen LogP contribution in [0.2, 0.25) is 0 Å². The number of benzene rings is 1. The van der Waals surface area contributed by atoms with Crippen molar-refractivity contribution in [3.8, 4) is 6.01 Å². The average Bonchev–Trinajstić information content (AvgIpc) is 2.43. The van der Waals surface area contributed by atoms with Crippen LogP contribution in [0.1, 0.15) is 16.8 Å². The number of hydrogen-bond acceptors (Lipinski definition) is 3. The molecule has 1 aromatic carbocycles. The fourth-order valence-corrected chi connectivity index (χ4v) is 1.91. The van der Waals surface area contributed by atoms with Gasteiger partial charge in [0.1, 0.15) is 0 Å². The van der Waals surface area contributed by atoms with Crippen LogP contribution < -0.4 is 10.3 Å².